The van der Waals surface area contributed by atoms with Crippen LogP contribution in [0.4, 0.5) is 0 Å². The number of aromatic nitrogens is 2. The zero-order valence-electron chi connectivity index (χ0n) is 12.5. The van der Waals surface area contributed by atoms with Crippen molar-refractivity contribution >= 4 is 0 Å². The van der Waals surface area contributed by atoms with E-state index in [-0.39, 0.29) is 0 Å². The van der Waals surface area contributed by atoms with Crippen molar-refractivity contribution in [3.8, 4) is 5.75 Å². The Bertz CT molecular complexity index is 515. The third-order valence-corrected chi connectivity index (χ3v) is 3.46. The summed E-state index contributed by atoms with van der Waals surface area (Å²) in [5.41, 5.74) is 2.50. The van der Waals surface area contributed by atoms with Crippen molar-refractivity contribution in [2.75, 3.05) is 13.7 Å². The summed E-state index contributed by atoms with van der Waals surface area (Å²) in [7, 11) is 3.92. The molecule has 0 amide bonds. The molecule has 0 spiro atoms. The van der Waals surface area contributed by atoms with E-state index < -0.39 is 0 Å². The number of hydrogen-bond donors (Lipinski definition) is 1. The molecule has 0 bridgehead atoms. The minimum atomic E-state index is 0.416. The maximum absolute atomic E-state index is 5.76. The monoisotopic (exact) mass is 273 g/mol. The molecule has 1 heterocycles. The summed E-state index contributed by atoms with van der Waals surface area (Å²) in [6.45, 7) is 2.85. The summed E-state index contributed by atoms with van der Waals surface area (Å²) >= 11 is 0. The standard InChI is InChI=1S/C16H23N3O/c1-4-16(17-2)14-5-7-15(8-6-14)20-10-9-13-11-18-19(3)12-13/h5-8,11-12,16-17H,4,9-10H2,1-3H3. The molecule has 1 aromatic carbocycles. The normalized spacial score (nSPS) is 12.3. The predicted molar refractivity (Wildman–Crippen MR) is 80.9 cm³/mol. The van der Waals surface area contributed by atoms with Gasteiger partial charge < -0.3 is 10.1 Å². The molecule has 1 unspecified atom stereocenters. The Balaban J connectivity index is 1.84. The molecule has 0 aliphatic carbocycles. The van der Waals surface area contributed by atoms with Crippen LogP contribution in [-0.4, -0.2) is 23.4 Å². The lowest BCUT2D eigenvalue weighted by atomic mass is 10.0. The Kier molecular flexibility index (Phi) is 5.18. The molecule has 0 fully saturated rings. The first-order valence-electron chi connectivity index (χ1n) is 7.10. The molecule has 0 aliphatic heterocycles. The van der Waals surface area contributed by atoms with E-state index in [1.54, 1.807) is 0 Å². The largest absolute Gasteiger partial charge is 0.493 e. The third-order valence-electron chi connectivity index (χ3n) is 3.46. The Labute approximate surface area is 120 Å². The quantitative estimate of drug-likeness (QED) is 0.843. The zero-order chi connectivity index (χ0) is 14.4. The molecule has 20 heavy (non-hydrogen) atoms. The van der Waals surface area contributed by atoms with Gasteiger partial charge in [-0.05, 0) is 36.7 Å². The van der Waals surface area contributed by atoms with Crippen LogP contribution in [0.15, 0.2) is 36.7 Å². The van der Waals surface area contributed by atoms with Gasteiger partial charge in [0.2, 0.25) is 0 Å². The number of nitrogens with one attached hydrogen (secondary N) is 1. The first-order valence-corrected chi connectivity index (χ1v) is 7.10. The SMILES string of the molecule is CCC(NC)c1ccc(OCCc2cnn(C)c2)cc1. The highest BCUT2D eigenvalue weighted by atomic mass is 16.5. The van der Waals surface area contributed by atoms with Gasteiger partial charge in [0.25, 0.3) is 0 Å². The van der Waals surface area contributed by atoms with Gasteiger partial charge in [-0.25, -0.2) is 0 Å². The van der Waals surface area contributed by atoms with Crippen LogP contribution in [0.5, 0.6) is 5.75 Å². The van der Waals surface area contributed by atoms with Gasteiger partial charge >= 0.3 is 0 Å². The van der Waals surface area contributed by atoms with Gasteiger partial charge in [0.15, 0.2) is 0 Å². The van der Waals surface area contributed by atoms with Gasteiger partial charge in [-0.1, -0.05) is 19.1 Å². The van der Waals surface area contributed by atoms with Crippen LogP contribution in [0.1, 0.15) is 30.5 Å². The van der Waals surface area contributed by atoms with Crippen molar-refractivity contribution in [2.45, 2.75) is 25.8 Å². The average Bonchev–Trinajstić information content (AvgIpc) is 2.87. The fourth-order valence-electron chi connectivity index (χ4n) is 2.29. The second-order valence-electron chi connectivity index (χ2n) is 4.94. The lowest BCUT2D eigenvalue weighted by molar-refractivity contribution is 0.321. The Morgan fingerprint density at radius 3 is 2.60 bits per heavy atom. The first-order chi connectivity index (χ1) is 9.72. The summed E-state index contributed by atoms with van der Waals surface area (Å²) in [5.74, 6) is 0.920. The minimum absolute atomic E-state index is 0.416. The van der Waals surface area contributed by atoms with Gasteiger partial charge in [-0.2, -0.15) is 5.10 Å². The average molecular weight is 273 g/mol. The fourth-order valence-corrected chi connectivity index (χ4v) is 2.29. The van der Waals surface area contributed by atoms with E-state index in [4.69, 9.17) is 4.74 Å². The van der Waals surface area contributed by atoms with Gasteiger partial charge in [-0.15, -0.1) is 0 Å². The van der Waals surface area contributed by atoms with Gasteiger partial charge in [0.1, 0.15) is 5.75 Å². The van der Waals surface area contributed by atoms with Gasteiger partial charge in [0, 0.05) is 25.7 Å². The Morgan fingerprint density at radius 2 is 2.05 bits per heavy atom. The number of nitrogens with zero attached hydrogens (tertiary/aromatic N) is 2. The predicted octanol–water partition coefficient (Wildman–Crippen LogP) is 2.71. The molecule has 108 valence electrons. The van der Waals surface area contributed by atoms with Crippen molar-refractivity contribution < 1.29 is 4.74 Å². The van der Waals surface area contributed by atoms with E-state index in [1.807, 2.05) is 43.3 Å². The number of ether oxygens (including phenoxy) is 1. The number of benzene rings is 1. The summed E-state index contributed by atoms with van der Waals surface area (Å²) < 4.78 is 7.58. The fraction of sp³-hybridized carbons (Fsp3) is 0.438. The molecule has 4 heteroatoms. The highest BCUT2D eigenvalue weighted by molar-refractivity contribution is 5.29. The Hall–Kier alpha value is -1.81. The molecule has 2 rings (SSSR count). The van der Waals surface area contributed by atoms with E-state index in [9.17, 15) is 0 Å². The molecule has 2 aromatic rings. The summed E-state index contributed by atoms with van der Waals surface area (Å²) in [6.07, 6.45) is 5.86. The Morgan fingerprint density at radius 1 is 1.30 bits per heavy atom. The van der Waals surface area contributed by atoms with Gasteiger partial charge in [-0.3, -0.25) is 4.68 Å². The zero-order valence-corrected chi connectivity index (χ0v) is 12.5. The van der Waals surface area contributed by atoms with Crippen molar-refractivity contribution in [1.82, 2.24) is 15.1 Å². The number of aryl methyl sites for hydroxylation is 1. The second kappa shape index (κ2) is 7.10. The van der Waals surface area contributed by atoms with E-state index in [2.05, 4.69) is 29.5 Å². The molecule has 0 aliphatic rings. The molecule has 1 atom stereocenters. The molecule has 0 radical (unpaired) electrons. The molecule has 0 saturated heterocycles. The van der Waals surface area contributed by atoms with E-state index in [0.29, 0.717) is 12.6 Å². The molecule has 1 N–H and O–H groups in total. The maximum Gasteiger partial charge on any atom is 0.119 e. The smallest absolute Gasteiger partial charge is 0.119 e. The van der Waals surface area contributed by atoms with E-state index >= 15 is 0 Å². The van der Waals surface area contributed by atoms with Crippen molar-refractivity contribution in [3.05, 3.63) is 47.8 Å². The van der Waals surface area contributed by atoms with Crippen LogP contribution in [0, 0.1) is 0 Å². The highest BCUT2D eigenvalue weighted by Crippen LogP contribution is 2.19. The van der Waals surface area contributed by atoms with Crippen LogP contribution < -0.4 is 10.1 Å². The topological polar surface area (TPSA) is 39.1 Å². The van der Waals surface area contributed by atoms with Crippen molar-refractivity contribution in [3.63, 3.8) is 0 Å². The number of hydrogen-bond acceptors (Lipinski definition) is 3. The summed E-state index contributed by atoms with van der Waals surface area (Å²) in [6, 6.07) is 8.75. The van der Waals surface area contributed by atoms with Crippen LogP contribution >= 0.6 is 0 Å². The third kappa shape index (κ3) is 3.84. The van der Waals surface area contributed by atoms with Crippen LogP contribution in [0.3, 0.4) is 0 Å². The van der Waals surface area contributed by atoms with Gasteiger partial charge in [0.05, 0.1) is 12.8 Å². The van der Waals surface area contributed by atoms with E-state index in [1.165, 1.54) is 11.1 Å². The molecular weight excluding hydrogens is 250 g/mol. The van der Waals surface area contributed by atoms with Crippen LogP contribution in [0.25, 0.3) is 0 Å². The molecular formula is C16H23N3O. The highest BCUT2D eigenvalue weighted by Gasteiger charge is 2.06. The summed E-state index contributed by atoms with van der Waals surface area (Å²) in [5, 5.41) is 7.45. The molecule has 0 saturated carbocycles. The first kappa shape index (κ1) is 14.6. The van der Waals surface area contributed by atoms with Crippen LogP contribution in [0.2, 0.25) is 0 Å². The summed E-state index contributed by atoms with van der Waals surface area (Å²) in [4.78, 5) is 0. The lowest BCUT2D eigenvalue weighted by Gasteiger charge is -2.14. The van der Waals surface area contributed by atoms with Crippen molar-refractivity contribution in [1.29, 1.82) is 0 Å². The van der Waals surface area contributed by atoms with E-state index in [0.717, 1.165) is 18.6 Å². The lowest BCUT2D eigenvalue weighted by Crippen LogP contribution is -2.14. The maximum atomic E-state index is 5.76. The second-order valence-corrected chi connectivity index (χ2v) is 4.94. The van der Waals surface area contributed by atoms with Crippen LogP contribution in [-0.2, 0) is 13.5 Å². The molecule has 4 nitrogen and oxygen atoms in total. The molecule has 1 aromatic heterocycles. The van der Waals surface area contributed by atoms with Crippen molar-refractivity contribution in [2.24, 2.45) is 7.05 Å². The minimum Gasteiger partial charge on any atom is -0.493 e. The number of rotatable bonds is 7.